The first-order valence-electron chi connectivity index (χ1n) is 11.3. The number of para-hydroxylation sites is 1. The minimum Gasteiger partial charge on any atom is -0.480 e. The smallest absolute Gasteiger partial charge is 0.326 e. The molecule has 2 amide bonds. The van der Waals surface area contributed by atoms with Crippen molar-refractivity contribution in [3.63, 3.8) is 0 Å². The van der Waals surface area contributed by atoms with Gasteiger partial charge in [0.25, 0.3) is 5.91 Å². The van der Waals surface area contributed by atoms with E-state index in [-0.39, 0.29) is 18.2 Å². The van der Waals surface area contributed by atoms with Crippen LogP contribution in [0.5, 0.6) is 0 Å². The number of allylic oxidation sites excluding steroid dienone is 1. The van der Waals surface area contributed by atoms with Crippen molar-refractivity contribution >= 4 is 34.4 Å². The van der Waals surface area contributed by atoms with Crippen molar-refractivity contribution < 1.29 is 19.5 Å². The Morgan fingerprint density at radius 1 is 1.09 bits per heavy atom. The Labute approximate surface area is 197 Å². The Balaban J connectivity index is 1.42. The summed E-state index contributed by atoms with van der Waals surface area (Å²) in [5, 5.41) is 16.0. The molecule has 0 saturated heterocycles. The first-order chi connectivity index (χ1) is 16.4. The van der Waals surface area contributed by atoms with Crippen LogP contribution in [-0.2, 0) is 16.0 Å². The van der Waals surface area contributed by atoms with E-state index in [0.717, 1.165) is 29.3 Å². The van der Waals surface area contributed by atoms with E-state index in [2.05, 4.69) is 15.6 Å². The first kappa shape index (κ1) is 23.2. The molecule has 4 rings (SSSR count). The molecule has 0 fully saturated rings. The number of amides is 2. The van der Waals surface area contributed by atoms with E-state index in [0.29, 0.717) is 17.7 Å². The summed E-state index contributed by atoms with van der Waals surface area (Å²) < 4.78 is 0. The zero-order valence-electron chi connectivity index (χ0n) is 19.0. The number of benzene rings is 2. The van der Waals surface area contributed by atoms with Crippen molar-refractivity contribution in [1.29, 1.82) is 0 Å². The topological polar surface area (TPSA) is 108 Å². The van der Waals surface area contributed by atoms with Crippen LogP contribution in [0.3, 0.4) is 0 Å². The quantitative estimate of drug-likeness (QED) is 0.457. The van der Waals surface area contributed by atoms with Gasteiger partial charge in [0.05, 0.1) is 16.5 Å². The van der Waals surface area contributed by atoms with Crippen molar-refractivity contribution in [3.05, 3.63) is 84.1 Å². The number of carbonyl (C=O) groups excluding carboxylic acids is 2. The van der Waals surface area contributed by atoms with Gasteiger partial charge in [-0.25, -0.2) is 4.79 Å². The lowest BCUT2D eigenvalue weighted by atomic mass is 9.80. The van der Waals surface area contributed by atoms with Gasteiger partial charge in [-0.05, 0) is 56.0 Å². The Morgan fingerprint density at radius 2 is 1.85 bits per heavy atom. The number of aliphatic carboxylic acids is 1. The van der Waals surface area contributed by atoms with Crippen LogP contribution in [0.15, 0.2) is 72.9 Å². The highest BCUT2D eigenvalue weighted by Crippen LogP contribution is 2.30. The third-order valence-electron chi connectivity index (χ3n) is 6.22. The fourth-order valence-electron chi connectivity index (χ4n) is 4.18. The summed E-state index contributed by atoms with van der Waals surface area (Å²) in [6.07, 6.45) is 8.12. The maximum Gasteiger partial charge on any atom is 0.326 e. The minimum atomic E-state index is -1.08. The van der Waals surface area contributed by atoms with Gasteiger partial charge in [-0.3, -0.25) is 14.6 Å². The van der Waals surface area contributed by atoms with E-state index < -0.39 is 17.4 Å². The van der Waals surface area contributed by atoms with Crippen LogP contribution in [0.2, 0.25) is 0 Å². The predicted molar refractivity (Wildman–Crippen MR) is 131 cm³/mol. The molecule has 2 atom stereocenters. The normalized spacial score (nSPS) is 18.3. The zero-order chi connectivity index (χ0) is 24.1. The number of nitrogens with zero attached hydrogens (tertiary/aromatic N) is 1. The van der Waals surface area contributed by atoms with E-state index in [1.54, 1.807) is 36.5 Å². The summed E-state index contributed by atoms with van der Waals surface area (Å²) in [7, 11) is 0. The molecule has 0 radical (unpaired) electrons. The maximum absolute atomic E-state index is 12.8. The summed E-state index contributed by atoms with van der Waals surface area (Å²) in [5.74, 6) is -1.61. The zero-order valence-corrected chi connectivity index (χ0v) is 19.0. The average molecular weight is 458 g/mol. The molecule has 2 aromatic carbocycles. The largest absolute Gasteiger partial charge is 0.480 e. The molecule has 0 bridgehead atoms. The molecule has 0 spiro atoms. The van der Waals surface area contributed by atoms with Gasteiger partial charge in [0, 0.05) is 23.7 Å². The lowest BCUT2D eigenvalue weighted by Gasteiger charge is -2.29. The molecular formula is C27H27N3O4. The van der Waals surface area contributed by atoms with Crippen LogP contribution in [0.25, 0.3) is 10.9 Å². The number of hydrogen-bond donors (Lipinski definition) is 3. The van der Waals surface area contributed by atoms with Crippen LogP contribution in [0.1, 0.15) is 42.1 Å². The third kappa shape index (κ3) is 5.14. The monoisotopic (exact) mass is 457 g/mol. The second-order valence-corrected chi connectivity index (χ2v) is 8.81. The lowest BCUT2D eigenvalue weighted by molar-refractivity contribution is -0.143. The standard InChI is InChI=1S/C27H27N3O4/c1-27(14-5-2-6-15-27)26(34)30-23(25(32)33)17-18-9-11-19(12-10-18)29-24(31)21-13-16-28-22-8-4-3-7-20(21)22/h3-5,7-14,16,23H,2,6,15,17H2,1H3,(H,29,31)(H,30,34)(H,32,33)/t23-,27?/m0/s1. The van der Waals surface area contributed by atoms with E-state index in [1.165, 1.54) is 0 Å². The third-order valence-corrected chi connectivity index (χ3v) is 6.22. The minimum absolute atomic E-state index is 0.143. The van der Waals surface area contributed by atoms with Crippen molar-refractivity contribution in [2.75, 3.05) is 5.32 Å². The van der Waals surface area contributed by atoms with E-state index >= 15 is 0 Å². The number of nitrogens with one attached hydrogen (secondary N) is 2. The molecule has 34 heavy (non-hydrogen) atoms. The highest BCUT2D eigenvalue weighted by Gasteiger charge is 2.34. The van der Waals surface area contributed by atoms with Gasteiger partial charge in [-0.15, -0.1) is 0 Å². The number of carbonyl (C=O) groups is 3. The number of pyridine rings is 1. The van der Waals surface area contributed by atoms with E-state index in [9.17, 15) is 19.5 Å². The van der Waals surface area contributed by atoms with Crippen molar-refractivity contribution in [3.8, 4) is 0 Å². The highest BCUT2D eigenvalue weighted by molar-refractivity contribution is 6.12. The van der Waals surface area contributed by atoms with E-state index in [1.807, 2.05) is 43.3 Å². The Bertz CT molecular complexity index is 1250. The molecule has 7 heteroatoms. The first-order valence-corrected chi connectivity index (χ1v) is 11.3. The number of aromatic nitrogens is 1. The van der Waals surface area contributed by atoms with Crippen LogP contribution in [-0.4, -0.2) is 33.9 Å². The molecule has 3 aromatic rings. The number of fused-ring (bicyclic) bond motifs is 1. The predicted octanol–water partition coefficient (Wildman–Crippen LogP) is 4.35. The van der Waals surface area contributed by atoms with Gasteiger partial charge in [-0.1, -0.05) is 42.5 Å². The van der Waals surface area contributed by atoms with Gasteiger partial charge in [0.15, 0.2) is 0 Å². The molecule has 0 aliphatic heterocycles. The summed E-state index contributed by atoms with van der Waals surface area (Å²) in [6, 6.07) is 15.0. The molecule has 1 aliphatic carbocycles. The molecule has 1 aromatic heterocycles. The fraction of sp³-hybridized carbons (Fsp3) is 0.259. The van der Waals surface area contributed by atoms with Crippen LogP contribution < -0.4 is 10.6 Å². The van der Waals surface area contributed by atoms with Gasteiger partial charge in [-0.2, -0.15) is 0 Å². The van der Waals surface area contributed by atoms with Crippen molar-refractivity contribution in [1.82, 2.24) is 10.3 Å². The average Bonchev–Trinajstić information content (AvgIpc) is 2.84. The Hall–Kier alpha value is -4.00. The Morgan fingerprint density at radius 3 is 2.56 bits per heavy atom. The van der Waals surface area contributed by atoms with Crippen LogP contribution in [0.4, 0.5) is 5.69 Å². The van der Waals surface area contributed by atoms with Gasteiger partial charge in [0.1, 0.15) is 6.04 Å². The number of carboxylic acids is 1. The molecule has 3 N–H and O–H groups in total. The van der Waals surface area contributed by atoms with Crippen molar-refractivity contribution in [2.45, 2.75) is 38.6 Å². The molecule has 1 heterocycles. The van der Waals surface area contributed by atoms with E-state index in [4.69, 9.17) is 0 Å². The number of anilines is 1. The number of carboxylic acid groups (broad SMARTS) is 1. The van der Waals surface area contributed by atoms with Gasteiger partial charge in [0.2, 0.25) is 5.91 Å². The maximum atomic E-state index is 12.8. The SMILES string of the molecule is CC1(C(=O)N[C@@H](Cc2ccc(NC(=O)c3ccnc4ccccc34)cc2)C(=O)O)C=CCCC1. The molecule has 1 unspecified atom stereocenters. The molecular weight excluding hydrogens is 430 g/mol. The summed E-state index contributed by atoms with van der Waals surface area (Å²) >= 11 is 0. The summed E-state index contributed by atoms with van der Waals surface area (Å²) in [6.45, 7) is 1.83. The fourth-order valence-corrected chi connectivity index (χ4v) is 4.18. The van der Waals surface area contributed by atoms with Gasteiger partial charge < -0.3 is 15.7 Å². The molecule has 174 valence electrons. The van der Waals surface area contributed by atoms with Gasteiger partial charge >= 0.3 is 5.97 Å². The number of hydrogen-bond acceptors (Lipinski definition) is 4. The van der Waals surface area contributed by atoms with Crippen molar-refractivity contribution in [2.24, 2.45) is 5.41 Å². The lowest BCUT2D eigenvalue weighted by Crippen LogP contribution is -2.48. The number of rotatable bonds is 7. The second-order valence-electron chi connectivity index (χ2n) is 8.81. The molecule has 1 aliphatic rings. The second kappa shape index (κ2) is 9.87. The highest BCUT2D eigenvalue weighted by atomic mass is 16.4. The summed E-state index contributed by atoms with van der Waals surface area (Å²) in [4.78, 5) is 41.6. The molecule has 0 saturated carbocycles. The Kier molecular flexibility index (Phi) is 6.72. The summed E-state index contributed by atoms with van der Waals surface area (Å²) in [5.41, 5.74) is 1.91. The van der Waals surface area contributed by atoms with Crippen LogP contribution in [0, 0.1) is 5.41 Å². The molecule has 7 nitrogen and oxygen atoms in total. The van der Waals surface area contributed by atoms with Crippen LogP contribution >= 0.6 is 0 Å².